The third kappa shape index (κ3) is 4.16. The number of carboxylic acids is 2. The zero-order valence-electron chi connectivity index (χ0n) is 20.1. The molecule has 0 atom stereocenters. The van der Waals surface area contributed by atoms with E-state index in [2.05, 4.69) is 20.6 Å². The SMILES string of the molecule is Cn1cc(NCc2ccc(C(=O)O)cc2)c2ncnc(C(=O)NCC34CCC(C(=O)O)(CC3)CC4)c21. The molecule has 3 aliphatic rings. The second-order valence-corrected chi connectivity index (χ2v) is 10.2. The summed E-state index contributed by atoms with van der Waals surface area (Å²) < 4.78 is 1.82. The molecular formula is C26H29N5O5. The van der Waals surface area contributed by atoms with E-state index in [0.717, 1.165) is 30.5 Å². The van der Waals surface area contributed by atoms with Crippen molar-refractivity contribution in [3.05, 3.63) is 53.6 Å². The first-order valence-corrected chi connectivity index (χ1v) is 12.1. The lowest BCUT2D eigenvalue weighted by atomic mass is 9.53. The first-order valence-electron chi connectivity index (χ1n) is 12.1. The quantitative estimate of drug-likeness (QED) is 0.375. The van der Waals surface area contributed by atoms with Crippen LogP contribution in [0.2, 0.25) is 0 Å². The molecule has 0 spiro atoms. The number of carbonyl (C=O) groups excluding carboxylic acids is 1. The van der Waals surface area contributed by atoms with E-state index in [0.29, 0.717) is 49.1 Å². The highest BCUT2D eigenvalue weighted by atomic mass is 16.4. The van der Waals surface area contributed by atoms with Crippen LogP contribution in [0.3, 0.4) is 0 Å². The molecule has 1 aromatic carbocycles. The number of anilines is 1. The van der Waals surface area contributed by atoms with Gasteiger partial charge < -0.3 is 25.4 Å². The van der Waals surface area contributed by atoms with Crippen LogP contribution in [0.25, 0.3) is 11.0 Å². The van der Waals surface area contributed by atoms with Gasteiger partial charge in [0.15, 0.2) is 5.69 Å². The van der Waals surface area contributed by atoms with E-state index in [1.54, 1.807) is 24.3 Å². The summed E-state index contributed by atoms with van der Waals surface area (Å²) in [6, 6.07) is 6.64. The Bertz CT molecular complexity index is 1320. The number of rotatable bonds is 8. The molecule has 0 unspecified atom stereocenters. The molecule has 0 saturated heterocycles. The molecule has 10 heteroatoms. The molecule has 0 aliphatic heterocycles. The van der Waals surface area contributed by atoms with E-state index in [1.807, 2.05) is 17.8 Å². The van der Waals surface area contributed by atoms with E-state index >= 15 is 0 Å². The average molecular weight is 492 g/mol. The van der Waals surface area contributed by atoms with Gasteiger partial charge in [-0.15, -0.1) is 0 Å². The Kier molecular flexibility index (Phi) is 5.89. The number of benzene rings is 1. The predicted octanol–water partition coefficient (Wildman–Crippen LogP) is 3.43. The maximum absolute atomic E-state index is 13.2. The van der Waals surface area contributed by atoms with Gasteiger partial charge in [0.25, 0.3) is 5.91 Å². The Balaban J connectivity index is 1.28. The molecule has 3 fully saturated rings. The van der Waals surface area contributed by atoms with Gasteiger partial charge in [0.05, 0.1) is 16.7 Å². The number of aliphatic carboxylic acids is 1. The van der Waals surface area contributed by atoms with Gasteiger partial charge in [0.1, 0.15) is 17.4 Å². The molecule has 3 saturated carbocycles. The number of nitrogens with zero attached hydrogens (tertiary/aromatic N) is 3. The van der Waals surface area contributed by atoms with Gasteiger partial charge in [-0.05, 0) is 61.6 Å². The van der Waals surface area contributed by atoms with Crippen molar-refractivity contribution >= 4 is 34.6 Å². The predicted molar refractivity (Wildman–Crippen MR) is 132 cm³/mol. The Hall–Kier alpha value is -3.95. The van der Waals surface area contributed by atoms with Crippen LogP contribution in [0.1, 0.15) is 64.9 Å². The fourth-order valence-corrected chi connectivity index (χ4v) is 5.69. The summed E-state index contributed by atoms with van der Waals surface area (Å²) in [6.45, 7) is 0.972. The number of nitrogens with one attached hydrogen (secondary N) is 2. The topological polar surface area (TPSA) is 146 Å². The van der Waals surface area contributed by atoms with Crippen LogP contribution < -0.4 is 10.6 Å². The van der Waals surface area contributed by atoms with Crippen molar-refractivity contribution in [2.45, 2.75) is 45.1 Å². The molecule has 3 aliphatic carbocycles. The fourth-order valence-electron chi connectivity index (χ4n) is 5.69. The normalized spacial score (nSPS) is 22.9. The highest BCUT2D eigenvalue weighted by Crippen LogP contribution is 2.56. The van der Waals surface area contributed by atoms with Gasteiger partial charge in [-0.3, -0.25) is 9.59 Å². The van der Waals surface area contributed by atoms with Crippen LogP contribution in [0, 0.1) is 10.8 Å². The molecule has 6 rings (SSSR count). The minimum atomic E-state index is -0.967. The number of carboxylic acid groups (broad SMARTS) is 2. The number of carbonyl (C=O) groups is 3. The Morgan fingerprint density at radius 3 is 2.28 bits per heavy atom. The van der Waals surface area contributed by atoms with Crippen LogP contribution in [0.5, 0.6) is 0 Å². The zero-order valence-corrected chi connectivity index (χ0v) is 20.1. The number of aryl methyl sites for hydroxylation is 1. The second-order valence-electron chi connectivity index (χ2n) is 10.2. The van der Waals surface area contributed by atoms with Crippen molar-refractivity contribution in [3.8, 4) is 0 Å². The molecule has 1 amide bonds. The van der Waals surface area contributed by atoms with Crippen molar-refractivity contribution in [3.63, 3.8) is 0 Å². The van der Waals surface area contributed by atoms with Gasteiger partial charge in [0, 0.05) is 26.3 Å². The third-order valence-corrected chi connectivity index (χ3v) is 8.13. The summed E-state index contributed by atoms with van der Waals surface area (Å²) in [5.74, 6) is -1.92. The molecule has 3 aromatic rings. The number of aromatic carboxylic acids is 1. The van der Waals surface area contributed by atoms with E-state index in [-0.39, 0.29) is 16.9 Å². The summed E-state index contributed by atoms with van der Waals surface area (Å²) in [5, 5.41) is 25.1. The first-order chi connectivity index (χ1) is 17.2. The molecule has 2 bridgehead atoms. The van der Waals surface area contributed by atoms with Crippen LogP contribution in [-0.2, 0) is 18.4 Å². The largest absolute Gasteiger partial charge is 0.481 e. The molecular weight excluding hydrogens is 462 g/mol. The lowest BCUT2D eigenvalue weighted by Crippen LogP contribution is -2.50. The summed E-state index contributed by atoms with van der Waals surface area (Å²) in [4.78, 5) is 44.6. The average Bonchev–Trinajstić information content (AvgIpc) is 3.23. The zero-order chi connectivity index (χ0) is 25.5. The Morgan fingerprint density at radius 1 is 1.00 bits per heavy atom. The minimum Gasteiger partial charge on any atom is -0.481 e. The molecule has 36 heavy (non-hydrogen) atoms. The lowest BCUT2D eigenvalue weighted by Gasteiger charge is -2.51. The fraction of sp³-hybridized carbons (Fsp3) is 0.423. The van der Waals surface area contributed by atoms with E-state index < -0.39 is 17.4 Å². The Labute approximate surface area is 207 Å². The lowest BCUT2D eigenvalue weighted by molar-refractivity contribution is -0.158. The van der Waals surface area contributed by atoms with Gasteiger partial charge in [-0.1, -0.05) is 12.1 Å². The number of fused-ring (bicyclic) bond motifs is 4. The van der Waals surface area contributed by atoms with Gasteiger partial charge >= 0.3 is 11.9 Å². The van der Waals surface area contributed by atoms with Crippen molar-refractivity contribution in [1.29, 1.82) is 0 Å². The van der Waals surface area contributed by atoms with E-state index in [9.17, 15) is 19.5 Å². The maximum atomic E-state index is 13.2. The van der Waals surface area contributed by atoms with Crippen molar-refractivity contribution < 1.29 is 24.6 Å². The second kappa shape index (κ2) is 8.92. The molecule has 0 radical (unpaired) electrons. The summed E-state index contributed by atoms with van der Waals surface area (Å²) in [6.07, 6.45) is 7.67. The summed E-state index contributed by atoms with van der Waals surface area (Å²) in [7, 11) is 1.84. The highest BCUT2D eigenvalue weighted by molar-refractivity contribution is 6.06. The standard InChI is InChI=1S/C26H29N5O5/c1-31-13-18(27-12-16-2-4-17(5-3-16)23(33)34)19-21(31)20(30-15-29-19)22(32)28-14-25-6-9-26(10-7-25,11-8-25)24(35)36/h2-5,13,15,27H,6-12,14H2,1H3,(H,28,32)(H,33,34)(H,35,36). The number of hydrogen-bond donors (Lipinski definition) is 4. The molecule has 188 valence electrons. The van der Waals surface area contributed by atoms with E-state index in [4.69, 9.17) is 5.11 Å². The monoisotopic (exact) mass is 491 g/mol. The number of hydrogen-bond acceptors (Lipinski definition) is 6. The third-order valence-electron chi connectivity index (χ3n) is 8.13. The number of amides is 1. The van der Waals surface area contributed by atoms with Crippen LogP contribution in [0.15, 0.2) is 36.8 Å². The van der Waals surface area contributed by atoms with Crippen molar-refractivity contribution in [1.82, 2.24) is 19.9 Å². The number of aromatic nitrogens is 3. The van der Waals surface area contributed by atoms with Gasteiger partial charge in [-0.25, -0.2) is 14.8 Å². The molecule has 2 aromatic heterocycles. The smallest absolute Gasteiger partial charge is 0.335 e. The van der Waals surface area contributed by atoms with Gasteiger partial charge in [0.2, 0.25) is 0 Å². The highest BCUT2D eigenvalue weighted by Gasteiger charge is 2.52. The van der Waals surface area contributed by atoms with Crippen LogP contribution in [-0.4, -0.2) is 49.1 Å². The minimum absolute atomic E-state index is 0.0455. The van der Waals surface area contributed by atoms with Gasteiger partial charge in [-0.2, -0.15) is 0 Å². The molecule has 10 nitrogen and oxygen atoms in total. The molecule has 2 heterocycles. The molecule has 4 N–H and O–H groups in total. The Morgan fingerprint density at radius 2 is 1.67 bits per heavy atom. The van der Waals surface area contributed by atoms with Crippen molar-refractivity contribution in [2.24, 2.45) is 17.9 Å². The first kappa shape index (κ1) is 23.8. The summed E-state index contributed by atoms with van der Waals surface area (Å²) >= 11 is 0. The van der Waals surface area contributed by atoms with Crippen LogP contribution in [0.4, 0.5) is 5.69 Å². The van der Waals surface area contributed by atoms with E-state index in [1.165, 1.54) is 6.33 Å². The van der Waals surface area contributed by atoms with Crippen LogP contribution >= 0.6 is 0 Å². The van der Waals surface area contributed by atoms with Crippen molar-refractivity contribution in [2.75, 3.05) is 11.9 Å². The maximum Gasteiger partial charge on any atom is 0.335 e. The summed E-state index contributed by atoms with van der Waals surface area (Å²) in [5.41, 5.74) is 2.81.